The van der Waals surface area contributed by atoms with Crippen molar-refractivity contribution in [1.82, 2.24) is 5.32 Å². The Kier molecular flexibility index (Phi) is 4.26. The molecule has 1 aromatic carbocycles. The van der Waals surface area contributed by atoms with Crippen molar-refractivity contribution in [2.75, 3.05) is 0 Å². The number of hydrogen-bond acceptors (Lipinski definition) is 2. The number of amides is 1. The Labute approximate surface area is 106 Å². The molecule has 18 heavy (non-hydrogen) atoms. The molecule has 0 heterocycles. The number of benzene rings is 1. The van der Waals surface area contributed by atoms with Gasteiger partial charge >= 0.3 is 5.97 Å². The minimum absolute atomic E-state index is 0.0590. The third kappa shape index (κ3) is 2.77. The summed E-state index contributed by atoms with van der Waals surface area (Å²) in [4.78, 5) is 23.3. The van der Waals surface area contributed by atoms with Gasteiger partial charge in [0.05, 0.1) is 11.1 Å². The van der Waals surface area contributed by atoms with Gasteiger partial charge < -0.3 is 10.4 Å². The maximum absolute atomic E-state index is 12.1. The number of carbonyl (C=O) groups is 2. The Hall–Kier alpha value is -2.10. The second-order valence-electron chi connectivity index (χ2n) is 4.25. The molecular formula is C14H17NO3. The van der Waals surface area contributed by atoms with Crippen LogP contribution in [0.25, 0.3) is 0 Å². The van der Waals surface area contributed by atoms with Crippen molar-refractivity contribution in [2.24, 2.45) is 0 Å². The van der Waals surface area contributed by atoms with Crippen molar-refractivity contribution in [3.05, 3.63) is 47.0 Å². The summed E-state index contributed by atoms with van der Waals surface area (Å²) in [7, 11) is 0. The summed E-state index contributed by atoms with van der Waals surface area (Å²) in [6.07, 6.45) is 1.59. The molecule has 4 nitrogen and oxygen atoms in total. The summed E-state index contributed by atoms with van der Waals surface area (Å²) in [6.45, 7) is 8.75. The Morgan fingerprint density at radius 1 is 1.28 bits per heavy atom. The number of nitrogens with one attached hydrogen (secondary N) is 1. The maximum atomic E-state index is 12.1. The third-order valence-electron chi connectivity index (χ3n) is 2.78. The van der Waals surface area contributed by atoms with E-state index in [-0.39, 0.29) is 23.1 Å². The molecule has 1 unspecified atom stereocenters. The van der Waals surface area contributed by atoms with Gasteiger partial charge in [-0.25, -0.2) is 4.79 Å². The molecule has 0 aliphatic heterocycles. The first-order valence-corrected chi connectivity index (χ1v) is 5.65. The quantitative estimate of drug-likeness (QED) is 0.802. The molecule has 0 saturated heterocycles. The van der Waals surface area contributed by atoms with E-state index in [1.54, 1.807) is 39.0 Å². The van der Waals surface area contributed by atoms with E-state index < -0.39 is 5.97 Å². The molecule has 1 aromatic rings. The summed E-state index contributed by atoms with van der Waals surface area (Å²) in [5, 5.41) is 11.9. The minimum atomic E-state index is -1.09. The zero-order valence-electron chi connectivity index (χ0n) is 10.8. The molecule has 1 atom stereocenters. The predicted octanol–water partition coefficient (Wildman–Crippen LogP) is 2.31. The van der Waals surface area contributed by atoms with Crippen LogP contribution in [-0.2, 0) is 0 Å². The highest BCUT2D eigenvalue weighted by Gasteiger charge is 2.21. The van der Waals surface area contributed by atoms with Crippen LogP contribution in [0.2, 0.25) is 0 Å². The highest BCUT2D eigenvalue weighted by atomic mass is 16.4. The van der Waals surface area contributed by atoms with E-state index in [4.69, 9.17) is 0 Å². The molecule has 1 rings (SSSR count). The number of carboxylic acids is 1. The topological polar surface area (TPSA) is 66.4 Å². The average Bonchev–Trinajstić information content (AvgIpc) is 2.30. The Balaban J connectivity index is 3.30. The van der Waals surface area contributed by atoms with Crippen LogP contribution >= 0.6 is 0 Å². The van der Waals surface area contributed by atoms with Crippen LogP contribution in [0.4, 0.5) is 0 Å². The first-order valence-electron chi connectivity index (χ1n) is 5.65. The van der Waals surface area contributed by atoms with Gasteiger partial charge in [0.15, 0.2) is 0 Å². The monoisotopic (exact) mass is 247 g/mol. The number of hydrogen-bond donors (Lipinski definition) is 2. The lowest BCUT2D eigenvalue weighted by Crippen LogP contribution is -2.32. The molecule has 0 fully saturated rings. The second kappa shape index (κ2) is 5.49. The molecular weight excluding hydrogens is 230 g/mol. The fourth-order valence-corrected chi connectivity index (χ4v) is 1.72. The Morgan fingerprint density at radius 2 is 1.78 bits per heavy atom. The van der Waals surface area contributed by atoms with Crippen molar-refractivity contribution >= 4 is 11.9 Å². The van der Waals surface area contributed by atoms with Crippen LogP contribution in [0.15, 0.2) is 24.8 Å². The molecule has 0 bridgehead atoms. The van der Waals surface area contributed by atoms with E-state index in [1.165, 1.54) is 0 Å². The summed E-state index contributed by atoms with van der Waals surface area (Å²) in [5.41, 5.74) is 1.50. The van der Waals surface area contributed by atoms with Crippen molar-refractivity contribution in [2.45, 2.75) is 26.8 Å². The van der Waals surface area contributed by atoms with E-state index in [0.717, 1.165) is 0 Å². The van der Waals surface area contributed by atoms with Gasteiger partial charge in [-0.2, -0.15) is 0 Å². The van der Waals surface area contributed by atoms with Crippen LogP contribution in [-0.4, -0.2) is 23.0 Å². The molecule has 0 spiro atoms. The average molecular weight is 247 g/mol. The van der Waals surface area contributed by atoms with Gasteiger partial charge in [0, 0.05) is 6.04 Å². The fraction of sp³-hybridized carbons (Fsp3) is 0.286. The van der Waals surface area contributed by atoms with Crippen molar-refractivity contribution < 1.29 is 14.7 Å². The molecule has 0 aromatic heterocycles. The summed E-state index contributed by atoms with van der Waals surface area (Å²) >= 11 is 0. The van der Waals surface area contributed by atoms with Gasteiger partial charge in [-0.1, -0.05) is 18.2 Å². The number of aryl methyl sites for hydroxylation is 2. The lowest BCUT2D eigenvalue weighted by molar-refractivity contribution is 0.0689. The number of aromatic carboxylic acids is 1. The summed E-state index contributed by atoms with van der Waals surface area (Å²) in [5.74, 6) is -1.48. The van der Waals surface area contributed by atoms with E-state index in [9.17, 15) is 14.7 Å². The Morgan fingerprint density at radius 3 is 2.22 bits per heavy atom. The van der Waals surface area contributed by atoms with Gasteiger partial charge in [0.1, 0.15) is 0 Å². The van der Waals surface area contributed by atoms with Crippen molar-refractivity contribution in [3.63, 3.8) is 0 Å². The van der Waals surface area contributed by atoms with Crippen LogP contribution in [0.5, 0.6) is 0 Å². The van der Waals surface area contributed by atoms with Crippen molar-refractivity contribution in [1.29, 1.82) is 0 Å². The van der Waals surface area contributed by atoms with E-state index in [0.29, 0.717) is 11.1 Å². The molecule has 96 valence electrons. The first-order chi connectivity index (χ1) is 8.38. The minimum Gasteiger partial charge on any atom is -0.478 e. The largest absolute Gasteiger partial charge is 0.478 e. The van der Waals surface area contributed by atoms with Crippen molar-refractivity contribution in [3.8, 4) is 0 Å². The Bertz CT molecular complexity index is 506. The fourth-order valence-electron chi connectivity index (χ4n) is 1.72. The van der Waals surface area contributed by atoms with Crippen LogP contribution in [0, 0.1) is 13.8 Å². The van der Waals surface area contributed by atoms with Crippen LogP contribution in [0.3, 0.4) is 0 Å². The normalized spacial score (nSPS) is 11.7. The van der Waals surface area contributed by atoms with Crippen LogP contribution < -0.4 is 5.32 Å². The zero-order chi connectivity index (χ0) is 13.9. The highest BCUT2D eigenvalue weighted by molar-refractivity contribution is 6.06. The van der Waals surface area contributed by atoms with Crippen LogP contribution in [0.1, 0.15) is 38.8 Å². The van der Waals surface area contributed by atoms with Gasteiger partial charge in [0.25, 0.3) is 5.91 Å². The standard InChI is InChI=1S/C14H17NO3/c1-5-10(4)15-13(16)11-8(2)6-7-9(3)12(11)14(17)18/h5-7,10H,1H2,2-4H3,(H,15,16)(H,17,18). The first kappa shape index (κ1) is 14.0. The second-order valence-corrected chi connectivity index (χ2v) is 4.25. The lowest BCUT2D eigenvalue weighted by atomic mass is 9.96. The predicted molar refractivity (Wildman–Crippen MR) is 70.0 cm³/mol. The smallest absolute Gasteiger partial charge is 0.336 e. The molecule has 0 radical (unpaired) electrons. The van der Waals surface area contributed by atoms with Gasteiger partial charge in [0.2, 0.25) is 0 Å². The molecule has 0 aliphatic rings. The number of rotatable bonds is 4. The van der Waals surface area contributed by atoms with E-state index in [1.807, 2.05) is 0 Å². The summed E-state index contributed by atoms with van der Waals surface area (Å²) < 4.78 is 0. The third-order valence-corrected chi connectivity index (χ3v) is 2.78. The van der Waals surface area contributed by atoms with E-state index >= 15 is 0 Å². The van der Waals surface area contributed by atoms with E-state index in [2.05, 4.69) is 11.9 Å². The molecule has 0 aliphatic carbocycles. The molecule has 4 heteroatoms. The maximum Gasteiger partial charge on any atom is 0.336 e. The number of carbonyl (C=O) groups excluding carboxylic acids is 1. The number of carboxylic acid groups (broad SMARTS) is 1. The SMILES string of the molecule is C=CC(C)NC(=O)c1c(C)ccc(C)c1C(=O)O. The molecule has 2 N–H and O–H groups in total. The van der Waals surface area contributed by atoms with Gasteiger partial charge in [-0.15, -0.1) is 6.58 Å². The van der Waals surface area contributed by atoms with Gasteiger partial charge in [-0.3, -0.25) is 4.79 Å². The zero-order valence-corrected chi connectivity index (χ0v) is 10.8. The molecule has 0 saturated carbocycles. The highest BCUT2D eigenvalue weighted by Crippen LogP contribution is 2.19. The summed E-state index contributed by atoms with van der Waals surface area (Å²) in [6, 6.07) is 3.24. The molecule has 1 amide bonds. The lowest BCUT2D eigenvalue weighted by Gasteiger charge is -2.14. The van der Waals surface area contributed by atoms with Gasteiger partial charge in [-0.05, 0) is 31.9 Å².